The average molecular weight is 621 g/mol. The molecule has 0 aromatic heterocycles. The Kier molecular flexibility index (Phi) is 10.4. The molecule has 230 valence electrons. The summed E-state index contributed by atoms with van der Waals surface area (Å²) in [4.78, 5) is 26.2. The first kappa shape index (κ1) is 30.8. The summed E-state index contributed by atoms with van der Waals surface area (Å²) in [6.07, 6.45) is 2.21. The van der Waals surface area contributed by atoms with Crippen LogP contribution in [-0.2, 0) is 34.0 Å². The van der Waals surface area contributed by atoms with Gasteiger partial charge in [0.1, 0.15) is 11.9 Å². The largest absolute Gasteiger partial charge is 0.494 e. The molecule has 1 unspecified atom stereocenters. The highest BCUT2D eigenvalue weighted by Gasteiger charge is 2.43. The molecule has 7 nitrogen and oxygen atoms in total. The fourth-order valence-corrected chi connectivity index (χ4v) is 6.40. The fraction of sp³-hybridized carbons (Fsp3) is 0.243. The van der Waals surface area contributed by atoms with Crippen molar-refractivity contribution in [3.63, 3.8) is 0 Å². The van der Waals surface area contributed by atoms with E-state index in [4.69, 9.17) is 14.2 Å². The van der Waals surface area contributed by atoms with Crippen LogP contribution in [0, 0.1) is 0 Å². The molecule has 45 heavy (non-hydrogen) atoms. The molecular formula is C37H36N2O5S. The van der Waals surface area contributed by atoms with E-state index in [1.54, 1.807) is 6.08 Å². The molecule has 6 rings (SSSR count). The van der Waals surface area contributed by atoms with Gasteiger partial charge in [0.25, 0.3) is 11.1 Å². The Hall–Kier alpha value is -4.21. The van der Waals surface area contributed by atoms with E-state index in [9.17, 15) is 9.59 Å². The van der Waals surface area contributed by atoms with Gasteiger partial charge in [-0.15, -0.1) is 0 Å². The van der Waals surface area contributed by atoms with Crippen molar-refractivity contribution in [1.82, 2.24) is 10.2 Å². The van der Waals surface area contributed by atoms with Crippen LogP contribution in [0.2, 0.25) is 0 Å². The second-order valence-electron chi connectivity index (χ2n) is 11.1. The number of likely N-dealkylation sites (tertiary alicyclic amines) is 1. The molecule has 2 saturated heterocycles. The number of thioether (sulfide) groups is 1. The van der Waals surface area contributed by atoms with Crippen LogP contribution >= 0.6 is 11.8 Å². The van der Waals surface area contributed by atoms with Crippen molar-refractivity contribution < 1.29 is 23.8 Å². The first-order valence-electron chi connectivity index (χ1n) is 15.2. The Morgan fingerprint density at radius 3 is 1.96 bits per heavy atom. The zero-order valence-electron chi connectivity index (χ0n) is 24.9. The molecule has 0 saturated carbocycles. The lowest BCUT2D eigenvalue weighted by Gasteiger charge is -2.29. The third-order valence-electron chi connectivity index (χ3n) is 7.95. The fourth-order valence-electron chi connectivity index (χ4n) is 5.71. The topological polar surface area (TPSA) is 77.1 Å². The standard InChI is InChI=1S/C37H36N2O5S/c40-36-34(45-37(41)38-36)22-27-16-18-31(19-17-27)42-21-20-32-35(44-26-30-14-8-3-9-15-30)33(43-25-29-12-6-2-7-13-29)24-39(32)23-28-10-4-1-5-11-28/h1-19,22,32-33,35H,20-21,23-26H2,(H,38,40,41)/b34-22-/t32?,33-,35+/m1/s1. The number of carbonyl (C=O) groups excluding carboxylic acids is 2. The minimum Gasteiger partial charge on any atom is -0.494 e. The molecular weight excluding hydrogens is 584 g/mol. The second-order valence-corrected chi connectivity index (χ2v) is 12.2. The van der Waals surface area contributed by atoms with Crippen LogP contribution in [0.3, 0.4) is 0 Å². The maximum atomic E-state index is 11.9. The zero-order valence-corrected chi connectivity index (χ0v) is 25.7. The second kappa shape index (κ2) is 15.2. The Labute approximate surface area is 268 Å². The lowest BCUT2D eigenvalue weighted by Crippen LogP contribution is -2.39. The van der Waals surface area contributed by atoms with Gasteiger partial charge < -0.3 is 14.2 Å². The summed E-state index contributed by atoms with van der Waals surface area (Å²) in [6, 6.07) is 38.6. The summed E-state index contributed by atoms with van der Waals surface area (Å²) in [6.45, 7) is 3.07. The van der Waals surface area contributed by atoms with Crippen molar-refractivity contribution in [2.45, 2.75) is 44.4 Å². The van der Waals surface area contributed by atoms with E-state index in [0.29, 0.717) is 24.7 Å². The van der Waals surface area contributed by atoms with E-state index in [1.165, 1.54) is 5.56 Å². The van der Waals surface area contributed by atoms with Gasteiger partial charge >= 0.3 is 0 Å². The molecule has 0 bridgehead atoms. The van der Waals surface area contributed by atoms with Gasteiger partial charge in [0.15, 0.2) is 0 Å². The van der Waals surface area contributed by atoms with E-state index in [1.807, 2.05) is 66.7 Å². The SMILES string of the molecule is O=C1NC(=O)/C(=C/c2ccc(OCCC3[C@H](OCc4ccccc4)[C@H](OCc4ccccc4)CN3Cc3ccccc3)cc2)S1. The number of hydrogen-bond acceptors (Lipinski definition) is 7. The molecule has 2 aliphatic rings. The number of benzene rings is 4. The number of nitrogens with one attached hydrogen (secondary N) is 1. The highest BCUT2D eigenvalue weighted by atomic mass is 32.2. The molecule has 2 heterocycles. The average Bonchev–Trinajstić information content (AvgIpc) is 3.57. The molecule has 3 atom stereocenters. The summed E-state index contributed by atoms with van der Waals surface area (Å²) in [5, 5.41) is 1.93. The highest BCUT2D eigenvalue weighted by molar-refractivity contribution is 8.18. The minimum absolute atomic E-state index is 0.0779. The molecule has 0 radical (unpaired) electrons. The van der Waals surface area contributed by atoms with E-state index in [-0.39, 0.29) is 29.4 Å². The van der Waals surface area contributed by atoms with Crippen molar-refractivity contribution in [2.75, 3.05) is 13.2 Å². The molecule has 1 N–H and O–H groups in total. The number of nitrogens with zero attached hydrogens (tertiary/aromatic N) is 1. The number of imide groups is 1. The normalized spacial score (nSPS) is 20.9. The number of rotatable bonds is 13. The Morgan fingerprint density at radius 1 is 0.756 bits per heavy atom. The first-order valence-corrected chi connectivity index (χ1v) is 16.0. The van der Waals surface area contributed by atoms with Crippen molar-refractivity contribution in [1.29, 1.82) is 0 Å². The van der Waals surface area contributed by atoms with Gasteiger partial charge in [0.05, 0.1) is 30.8 Å². The lowest BCUT2D eigenvalue weighted by atomic mass is 10.1. The summed E-state index contributed by atoms with van der Waals surface area (Å²) in [7, 11) is 0. The van der Waals surface area contributed by atoms with Crippen molar-refractivity contribution in [3.05, 3.63) is 142 Å². The highest BCUT2D eigenvalue weighted by Crippen LogP contribution is 2.30. The predicted molar refractivity (Wildman–Crippen MR) is 176 cm³/mol. The summed E-state index contributed by atoms with van der Waals surface area (Å²) in [5.41, 5.74) is 4.34. The molecule has 0 aliphatic carbocycles. The Balaban J connectivity index is 1.16. The van der Waals surface area contributed by atoms with Gasteiger partial charge in [-0.3, -0.25) is 19.8 Å². The van der Waals surface area contributed by atoms with E-state index in [2.05, 4.69) is 58.7 Å². The molecule has 8 heteroatoms. The maximum absolute atomic E-state index is 11.9. The summed E-state index contributed by atoms with van der Waals surface area (Å²) < 4.78 is 19.5. The monoisotopic (exact) mass is 620 g/mol. The van der Waals surface area contributed by atoms with Crippen LogP contribution in [0.4, 0.5) is 4.79 Å². The lowest BCUT2D eigenvalue weighted by molar-refractivity contribution is -0.115. The van der Waals surface area contributed by atoms with Gasteiger partial charge in [-0.1, -0.05) is 103 Å². The van der Waals surface area contributed by atoms with Gasteiger partial charge in [0, 0.05) is 19.1 Å². The zero-order chi connectivity index (χ0) is 30.8. The molecule has 4 aromatic rings. The molecule has 2 fully saturated rings. The maximum Gasteiger partial charge on any atom is 0.290 e. The van der Waals surface area contributed by atoms with Gasteiger partial charge in [0.2, 0.25) is 0 Å². The third kappa shape index (κ3) is 8.49. The summed E-state index contributed by atoms with van der Waals surface area (Å²) in [5.74, 6) is 0.375. The molecule has 4 aromatic carbocycles. The molecule has 0 spiro atoms. The predicted octanol–water partition coefficient (Wildman–Crippen LogP) is 6.83. The number of carbonyl (C=O) groups is 2. The van der Waals surface area contributed by atoms with Crippen LogP contribution in [0.25, 0.3) is 6.08 Å². The first-order chi connectivity index (χ1) is 22.1. The van der Waals surface area contributed by atoms with Crippen molar-refractivity contribution >= 4 is 29.0 Å². The molecule has 2 amide bonds. The van der Waals surface area contributed by atoms with Crippen LogP contribution in [-0.4, -0.2) is 47.4 Å². The quantitative estimate of drug-likeness (QED) is 0.164. The number of ether oxygens (including phenoxy) is 3. The van der Waals surface area contributed by atoms with Crippen LogP contribution in [0.15, 0.2) is 120 Å². The Morgan fingerprint density at radius 2 is 1.36 bits per heavy atom. The van der Waals surface area contributed by atoms with Crippen LogP contribution in [0.5, 0.6) is 5.75 Å². The van der Waals surface area contributed by atoms with E-state index in [0.717, 1.165) is 53.7 Å². The number of hydrogen-bond donors (Lipinski definition) is 1. The van der Waals surface area contributed by atoms with Gasteiger partial charge in [-0.25, -0.2) is 0 Å². The van der Waals surface area contributed by atoms with E-state index >= 15 is 0 Å². The van der Waals surface area contributed by atoms with Crippen LogP contribution < -0.4 is 10.1 Å². The number of amides is 2. The van der Waals surface area contributed by atoms with Gasteiger partial charge in [-0.2, -0.15) is 0 Å². The smallest absolute Gasteiger partial charge is 0.290 e. The van der Waals surface area contributed by atoms with E-state index < -0.39 is 0 Å². The third-order valence-corrected chi connectivity index (χ3v) is 8.76. The summed E-state index contributed by atoms with van der Waals surface area (Å²) >= 11 is 0.910. The van der Waals surface area contributed by atoms with Crippen molar-refractivity contribution in [2.24, 2.45) is 0 Å². The molecule has 2 aliphatic heterocycles. The van der Waals surface area contributed by atoms with Gasteiger partial charge in [-0.05, 0) is 58.6 Å². The van der Waals surface area contributed by atoms with Crippen molar-refractivity contribution in [3.8, 4) is 5.75 Å². The van der Waals surface area contributed by atoms with Crippen LogP contribution in [0.1, 0.15) is 28.7 Å². The minimum atomic E-state index is -0.364. The Bertz CT molecular complexity index is 1580.